The Labute approximate surface area is 106 Å². The summed E-state index contributed by atoms with van der Waals surface area (Å²) in [4.78, 5) is 0. The van der Waals surface area contributed by atoms with Crippen LogP contribution in [-0.4, -0.2) is 13.6 Å². The van der Waals surface area contributed by atoms with Crippen molar-refractivity contribution in [3.8, 4) is 0 Å². The molecule has 0 amide bonds. The quantitative estimate of drug-likeness (QED) is 0.870. The Kier molecular flexibility index (Phi) is 2.30. The largest absolute Gasteiger partial charge is 0.319 e. The predicted octanol–water partition coefficient (Wildman–Crippen LogP) is 3.63. The third-order valence-corrected chi connectivity index (χ3v) is 4.74. The summed E-state index contributed by atoms with van der Waals surface area (Å²) in [6.07, 6.45) is 3.84. The molecule has 0 atom stereocenters. The third-order valence-electron chi connectivity index (χ3n) is 4.19. The fraction of sp³-hybridized carbons (Fsp3) is 0.538. The first-order chi connectivity index (χ1) is 7.59. The summed E-state index contributed by atoms with van der Waals surface area (Å²) < 4.78 is 0. The summed E-state index contributed by atoms with van der Waals surface area (Å²) in [7, 11) is 2.03. The minimum absolute atomic E-state index is 0.374. The van der Waals surface area contributed by atoms with E-state index in [1.54, 1.807) is 0 Å². The average Bonchev–Trinajstić information content (AvgIpc) is 2.10. The van der Waals surface area contributed by atoms with Crippen LogP contribution >= 0.6 is 23.2 Å². The molecule has 1 N–H and O–H groups in total. The summed E-state index contributed by atoms with van der Waals surface area (Å²) in [5.41, 5.74) is 2.24. The van der Waals surface area contributed by atoms with E-state index in [0.717, 1.165) is 16.6 Å². The van der Waals surface area contributed by atoms with Gasteiger partial charge in [-0.05, 0) is 54.8 Å². The van der Waals surface area contributed by atoms with Crippen LogP contribution in [0, 0.1) is 5.41 Å². The van der Waals surface area contributed by atoms with E-state index >= 15 is 0 Å². The van der Waals surface area contributed by atoms with Gasteiger partial charge in [0.1, 0.15) is 0 Å². The first-order valence-corrected chi connectivity index (χ1v) is 6.45. The van der Waals surface area contributed by atoms with E-state index in [0.29, 0.717) is 10.8 Å². The first kappa shape index (κ1) is 10.9. The first-order valence-electron chi connectivity index (χ1n) is 5.69. The van der Waals surface area contributed by atoms with E-state index < -0.39 is 0 Å². The molecule has 3 saturated carbocycles. The molecule has 4 rings (SSSR count). The van der Waals surface area contributed by atoms with Crippen LogP contribution in [0.3, 0.4) is 0 Å². The van der Waals surface area contributed by atoms with Crippen LogP contribution in [0.15, 0.2) is 18.2 Å². The fourth-order valence-corrected chi connectivity index (χ4v) is 4.37. The van der Waals surface area contributed by atoms with Crippen molar-refractivity contribution in [2.45, 2.75) is 24.7 Å². The van der Waals surface area contributed by atoms with Gasteiger partial charge in [-0.25, -0.2) is 0 Å². The van der Waals surface area contributed by atoms with E-state index in [-0.39, 0.29) is 0 Å². The Hall–Kier alpha value is -0.240. The van der Waals surface area contributed by atoms with Crippen LogP contribution in [-0.2, 0) is 5.41 Å². The van der Waals surface area contributed by atoms with Gasteiger partial charge in [0.05, 0.1) is 0 Å². The summed E-state index contributed by atoms with van der Waals surface area (Å²) >= 11 is 12.2. The molecule has 1 nitrogen and oxygen atoms in total. The maximum atomic E-state index is 6.27. The molecule has 0 aromatic heterocycles. The maximum absolute atomic E-state index is 6.27. The van der Waals surface area contributed by atoms with Crippen molar-refractivity contribution in [1.29, 1.82) is 0 Å². The monoisotopic (exact) mass is 255 g/mol. The van der Waals surface area contributed by atoms with E-state index in [1.807, 2.05) is 19.2 Å². The fourth-order valence-electron chi connectivity index (χ4n) is 3.77. The lowest BCUT2D eigenvalue weighted by atomic mass is 9.33. The minimum atomic E-state index is 0.374. The van der Waals surface area contributed by atoms with Crippen LogP contribution in [0.25, 0.3) is 0 Å². The summed E-state index contributed by atoms with van der Waals surface area (Å²) in [5.74, 6) is 0. The number of halogens is 2. The van der Waals surface area contributed by atoms with Gasteiger partial charge in [-0.1, -0.05) is 29.3 Å². The molecule has 1 aromatic carbocycles. The second-order valence-corrected chi connectivity index (χ2v) is 6.31. The lowest BCUT2D eigenvalue weighted by molar-refractivity contribution is -0.136. The minimum Gasteiger partial charge on any atom is -0.319 e. The number of rotatable bonds is 3. The molecule has 86 valence electrons. The molecule has 3 fully saturated rings. The van der Waals surface area contributed by atoms with Gasteiger partial charge in [-0.2, -0.15) is 0 Å². The molecule has 3 heteroatoms. The molecule has 0 heterocycles. The van der Waals surface area contributed by atoms with Gasteiger partial charge < -0.3 is 5.32 Å². The van der Waals surface area contributed by atoms with Gasteiger partial charge in [0, 0.05) is 16.6 Å². The Morgan fingerprint density at radius 1 is 1.25 bits per heavy atom. The third kappa shape index (κ3) is 1.35. The number of benzene rings is 1. The van der Waals surface area contributed by atoms with Crippen LogP contribution in [0.2, 0.25) is 10.0 Å². The van der Waals surface area contributed by atoms with Crippen LogP contribution in [0.1, 0.15) is 24.8 Å². The van der Waals surface area contributed by atoms with Crippen molar-refractivity contribution in [2.75, 3.05) is 13.6 Å². The highest BCUT2D eigenvalue weighted by molar-refractivity contribution is 6.35. The zero-order valence-corrected chi connectivity index (χ0v) is 10.8. The second kappa shape index (κ2) is 3.38. The molecule has 0 radical (unpaired) electrons. The summed E-state index contributed by atoms with van der Waals surface area (Å²) in [6.45, 7) is 1.14. The molecule has 0 spiro atoms. The average molecular weight is 256 g/mol. The molecular weight excluding hydrogens is 241 g/mol. The standard InChI is InChI=1S/C13H15Cl2N/c1-16-8-12-5-13(6-12,7-12)10-3-2-9(14)4-11(10)15/h2-4,16H,5-8H2,1H3. The molecular formula is C13H15Cl2N. The molecule has 2 bridgehead atoms. The molecule has 3 aliphatic carbocycles. The number of hydrogen-bond acceptors (Lipinski definition) is 1. The molecule has 1 aromatic rings. The lowest BCUT2D eigenvalue weighted by Gasteiger charge is -2.71. The van der Waals surface area contributed by atoms with E-state index in [2.05, 4.69) is 11.4 Å². The molecule has 0 aliphatic heterocycles. The van der Waals surface area contributed by atoms with Crippen molar-refractivity contribution in [3.63, 3.8) is 0 Å². The normalized spacial score (nSPS) is 35.4. The Morgan fingerprint density at radius 2 is 1.94 bits per heavy atom. The van der Waals surface area contributed by atoms with Crippen LogP contribution in [0.5, 0.6) is 0 Å². The summed E-state index contributed by atoms with van der Waals surface area (Å²) in [5, 5.41) is 4.85. The highest BCUT2D eigenvalue weighted by Crippen LogP contribution is 2.73. The summed E-state index contributed by atoms with van der Waals surface area (Å²) in [6, 6.07) is 5.92. The number of nitrogens with one attached hydrogen (secondary N) is 1. The van der Waals surface area contributed by atoms with Crippen molar-refractivity contribution >= 4 is 23.2 Å². The highest BCUT2D eigenvalue weighted by Gasteiger charge is 2.67. The van der Waals surface area contributed by atoms with Gasteiger partial charge in [0.15, 0.2) is 0 Å². The van der Waals surface area contributed by atoms with Gasteiger partial charge in [0.2, 0.25) is 0 Å². The molecule has 0 saturated heterocycles. The Balaban J connectivity index is 1.82. The zero-order valence-electron chi connectivity index (χ0n) is 9.32. The zero-order chi connectivity index (χ0) is 11.4. The van der Waals surface area contributed by atoms with Crippen molar-refractivity contribution < 1.29 is 0 Å². The smallest absolute Gasteiger partial charge is 0.0458 e. The van der Waals surface area contributed by atoms with Crippen molar-refractivity contribution in [3.05, 3.63) is 33.8 Å². The van der Waals surface area contributed by atoms with E-state index in [1.165, 1.54) is 24.8 Å². The van der Waals surface area contributed by atoms with E-state index in [9.17, 15) is 0 Å². The second-order valence-electron chi connectivity index (χ2n) is 5.47. The van der Waals surface area contributed by atoms with Crippen molar-refractivity contribution in [2.24, 2.45) is 5.41 Å². The molecule has 0 unspecified atom stereocenters. The van der Waals surface area contributed by atoms with Gasteiger partial charge >= 0.3 is 0 Å². The SMILES string of the molecule is CNCC12CC(c3ccc(Cl)cc3Cl)(C1)C2. The highest BCUT2D eigenvalue weighted by atomic mass is 35.5. The van der Waals surface area contributed by atoms with Crippen LogP contribution < -0.4 is 5.32 Å². The Bertz CT molecular complexity index is 422. The van der Waals surface area contributed by atoms with Gasteiger partial charge in [-0.15, -0.1) is 0 Å². The van der Waals surface area contributed by atoms with Crippen LogP contribution in [0.4, 0.5) is 0 Å². The topological polar surface area (TPSA) is 12.0 Å². The van der Waals surface area contributed by atoms with Gasteiger partial charge in [-0.3, -0.25) is 0 Å². The molecule has 3 aliphatic rings. The lowest BCUT2D eigenvalue weighted by Crippen LogP contribution is -2.67. The maximum Gasteiger partial charge on any atom is 0.0458 e. The van der Waals surface area contributed by atoms with E-state index in [4.69, 9.17) is 23.2 Å². The number of hydrogen-bond donors (Lipinski definition) is 1. The Morgan fingerprint density at radius 3 is 2.50 bits per heavy atom. The molecule has 16 heavy (non-hydrogen) atoms. The van der Waals surface area contributed by atoms with Gasteiger partial charge in [0.25, 0.3) is 0 Å². The predicted molar refractivity (Wildman–Crippen MR) is 68.4 cm³/mol. The van der Waals surface area contributed by atoms with Crippen molar-refractivity contribution in [1.82, 2.24) is 5.32 Å².